The van der Waals surface area contributed by atoms with E-state index in [1.54, 1.807) is 5.30 Å². The van der Waals surface area contributed by atoms with E-state index < -0.39 is 0 Å². The van der Waals surface area contributed by atoms with Gasteiger partial charge in [0.25, 0.3) is 0 Å². The second kappa shape index (κ2) is 9.03. The normalized spacial score (nSPS) is 28.1. The first-order valence-electron chi connectivity index (χ1n) is 10.9. The molecule has 3 atom stereocenters. The summed E-state index contributed by atoms with van der Waals surface area (Å²) in [6.07, 6.45) is 16.4. The third-order valence-corrected chi connectivity index (χ3v) is 10.2. The van der Waals surface area contributed by atoms with Crippen LogP contribution >= 0.6 is 7.92 Å². The fourth-order valence-corrected chi connectivity index (χ4v) is 9.46. The molecule has 1 aromatic rings. The zero-order valence-corrected chi connectivity index (χ0v) is 17.7. The summed E-state index contributed by atoms with van der Waals surface area (Å²) in [4.78, 5) is 0. The molecule has 2 fully saturated rings. The van der Waals surface area contributed by atoms with Gasteiger partial charge < -0.3 is 0 Å². The topological polar surface area (TPSA) is 0 Å². The molecule has 0 nitrogen and oxygen atoms in total. The van der Waals surface area contributed by atoms with Crippen molar-refractivity contribution in [3.05, 3.63) is 30.3 Å². The van der Waals surface area contributed by atoms with Crippen molar-refractivity contribution in [3.63, 3.8) is 0 Å². The lowest BCUT2D eigenvalue weighted by atomic mass is 9.83. The Kier molecular flexibility index (Phi) is 7.01. The Morgan fingerprint density at radius 1 is 0.720 bits per heavy atom. The highest BCUT2D eigenvalue weighted by molar-refractivity contribution is 7.67. The van der Waals surface area contributed by atoms with Crippen LogP contribution in [0.25, 0.3) is 0 Å². The minimum Gasteiger partial charge on any atom is -0.0663 e. The highest BCUT2D eigenvalue weighted by Crippen LogP contribution is 2.60. The molecule has 0 N–H and O–H groups in total. The molecule has 2 saturated carbocycles. The smallest absolute Gasteiger partial charge is 0.0133 e. The Bertz CT molecular complexity index is 491. The fourth-order valence-electron chi connectivity index (χ4n) is 5.60. The molecular weight excluding hydrogens is 319 g/mol. The number of hydrogen-bond donors (Lipinski definition) is 0. The molecule has 0 saturated heterocycles. The van der Waals surface area contributed by atoms with E-state index in [-0.39, 0.29) is 7.92 Å². The van der Waals surface area contributed by atoms with Gasteiger partial charge in [-0.3, -0.25) is 0 Å². The summed E-state index contributed by atoms with van der Waals surface area (Å²) in [7, 11) is -0.0841. The van der Waals surface area contributed by atoms with Crippen molar-refractivity contribution in [2.75, 3.05) is 0 Å². The molecule has 140 valence electrons. The van der Waals surface area contributed by atoms with Gasteiger partial charge in [-0.25, -0.2) is 0 Å². The highest BCUT2D eigenvalue weighted by atomic mass is 31.1. The predicted octanol–water partition coefficient (Wildman–Crippen LogP) is 7.51. The zero-order valence-electron chi connectivity index (χ0n) is 16.8. The van der Waals surface area contributed by atoms with Gasteiger partial charge in [0.1, 0.15) is 0 Å². The average Bonchev–Trinajstić information content (AvgIpc) is 3.07. The van der Waals surface area contributed by atoms with Gasteiger partial charge in [0.15, 0.2) is 0 Å². The molecule has 2 aliphatic carbocycles. The van der Waals surface area contributed by atoms with Gasteiger partial charge in [0.2, 0.25) is 0 Å². The van der Waals surface area contributed by atoms with E-state index in [0.717, 1.165) is 17.5 Å². The molecule has 0 bridgehead atoms. The van der Waals surface area contributed by atoms with Crippen molar-refractivity contribution in [1.29, 1.82) is 0 Å². The highest BCUT2D eigenvalue weighted by Gasteiger charge is 2.42. The molecule has 2 aliphatic rings. The first kappa shape index (κ1) is 19.4. The minimum absolute atomic E-state index is 0.0841. The van der Waals surface area contributed by atoms with E-state index >= 15 is 0 Å². The van der Waals surface area contributed by atoms with Crippen LogP contribution in [0.4, 0.5) is 0 Å². The first-order chi connectivity index (χ1) is 12.1. The van der Waals surface area contributed by atoms with E-state index in [9.17, 15) is 0 Å². The molecule has 1 heteroatoms. The van der Waals surface area contributed by atoms with Crippen molar-refractivity contribution in [3.8, 4) is 0 Å². The summed E-state index contributed by atoms with van der Waals surface area (Å²) >= 11 is 0. The van der Waals surface area contributed by atoms with Crippen LogP contribution in [0.3, 0.4) is 0 Å². The Hall–Kier alpha value is -0.350. The van der Waals surface area contributed by atoms with Gasteiger partial charge in [-0.05, 0) is 40.8 Å². The number of hydrogen-bond acceptors (Lipinski definition) is 0. The SMILES string of the molecule is CC(C)(C)P(c1ccccc1)C1CCCC1C1CCCCCCCC1. The van der Waals surface area contributed by atoms with Gasteiger partial charge >= 0.3 is 0 Å². The van der Waals surface area contributed by atoms with Crippen LogP contribution in [0.15, 0.2) is 30.3 Å². The van der Waals surface area contributed by atoms with E-state index in [0.29, 0.717) is 5.16 Å². The second-order valence-corrected chi connectivity index (χ2v) is 12.8. The van der Waals surface area contributed by atoms with Gasteiger partial charge in [-0.2, -0.15) is 0 Å². The third-order valence-electron chi connectivity index (χ3n) is 6.63. The largest absolute Gasteiger partial charge is 0.0663 e. The Morgan fingerprint density at radius 3 is 1.92 bits per heavy atom. The summed E-state index contributed by atoms with van der Waals surface area (Å²) < 4.78 is 0. The standard InChI is InChI=1S/C24H39P/c1-24(2,3)25(21-16-11-8-12-17-21)23-19-13-18-22(23)20-14-9-6-4-5-7-10-15-20/h8,11-12,16-17,20,22-23H,4-7,9-10,13-15,18-19H2,1-3H3. The van der Waals surface area contributed by atoms with Crippen LogP contribution in [0.1, 0.15) is 91.4 Å². The van der Waals surface area contributed by atoms with E-state index in [4.69, 9.17) is 0 Å². The van der Waals surface area contributed by atoms with Gasteiger partial charge in [0, 0.05) is 0 Å². The molecule has 1 aromatic carbocycles. The van der Waals surface area contributed by atoms with Crippen molar-refractivity contribution in [1.82, 2.24) is 0 Å². The van der Waals surface area contributed by atoms with E-state index in [1.165, 1.54) is 70.6 Å². The van der Waals surface area contributed by atoms with Crippen LogP contribution < -0.4 is 5.30 Å². The van der Waals surface area contributed by atoms with Gasteiger partial charge in [-0.15, -0.1) is 0 Å². The molecule has 25 heavy (non-hydrogen) atoms. The molecule has 0 aromatic heterocycles. The molecular formula is C24H39P. The maximum absolute atomic E-state index is 2.50. The molecule has 3 rings (SSSR count). The molecule has 0 amide bonds. The fraction of sp³-hybridized carbons (Fsp3) is 0.750. The van der Waals surface area contributed by atoms with E-state index in [1.807, 2.05) is 0 Å². The number of benzene rings is 1. The monoisotopic (exact) mass is 358 g/mol. The molecule has 0 spiro atoms. The van der Waals surface area contributed by atoms with Crippen molar-refractivity contribution in [2.24, 2.45) is 11.8 Å². The lowest BCUT2D eigenvalue weighted by Crippen LogP contribution is -2.32. The third kappa shape index (κ3) is 5.09. The van der Waals surface area contributed by atoms with Crippen LogP contribution in [0.5, 0.6) is 0 Å². The molecule has 0 radical (unpaired) electrons. The van der Waals surface area contributed by atoms with Gasteiger partial charge in [0.05, 0.1) is 0 Å². The van der Waals surface area contributed by atoms with Crippen molar-refractivity contribution >= 4 is 13.2 Å². The predicted molar refractivity (Wildman–Crippen MR) is 114 cm³/mol. The lowest BCUT2D eigenvalue weighted by Gasteiger charge is -2.41. The van der Waals surface area contributed by atoms with Crippen molar-refractivity contribution in [2.45, 2.75) is 102 Å². The van der Waals surface area contributed by atoms with Crippen LogP contribution in [0, 0.1) is 11.8 Å². The zero-order chi connectivity index (χ0) is 17.7. The quantitative estimate of drug-likeness (QED) is 0.490. The van der Waals surface area contributed by atoms with Crippen LogP contribution in [-0.4, -0.2) is 10.8 Å². The maximum atomic E-state index is 2.50. The summed E-state index contributed by atoms with van der Waals surface area (Å²) in [5.41, 5.74) is 0.961. The lowest BCUT2D eigenvalue weighted by molar-refractivity contribution is 0.292. The molecule has 0 heterocycles. The molecule has 0 aliphatic heterocycles. The Balaban J connectivity index is 1.82. The van der Waals surface area contributed by atoms with Crippen LogP contribution in [0.2, 0.25) is 0 Å². The summed E-state index contributed by atoms with van der Waals surface area (Å²) in [6.45, 7) is 7.51. The second-order valence-electron chi connectivity index (χ2n) is 9.50. The Labute approximate surface area is 157 Å². The maximum Gasteiger partial charge on any atom is -0.0133 e. The van der Waals surface area contributed by atoms with Gasteiger partial charge in [-0.1, -0.05) is 117 Å². The minimum atomic E-state index is -0.0841. The molecule has 3 unspecified atom stereocenters. The summed E-state index contributed by atoms with van der Waals surface area (Å²) in [6, 6.07) is 11.6. The van der Waals surface area contributed by atoms with Crippen molar-refractivity contribution < 1.29 is 0 Å². The number of rotatable bonds is 3. The first-order valence-corrected chi connectivity index (χ1v) is 12.3. The summed E-state index contributed by atoms with van der Waals surface area (Å²) in [5, 5.41) is 2.08. The van der Waals surface area contributed by atoms with Crippen LogP contribution in [-0.2, 0) is 0 Å². The average molecular weight is 359 g/mol. The summed E-state index contributed by atoms with van der Waals surface area (Å²) in [5.74, 6) is 2.02. The Morgan fingerprint density at radius 2 is 1.32 bits per heavy atom. The van der Waals surface area contributed by atoms with E-state index in [2.05, 4.69) is 51.1 Å².